The molecule has 3 rings (SSSR count). The lowest BCUT2D eigenvalue weighted by atomic mass is 9.99. The molecule has 0 N–H and O–H groups in total. The number of nitrogens with zero attached hydrogens (tertiary/aromatic N) is 1. The van der Waals surface area contributed by atoms with Crippen molar-refractivity contribution in [3.63, 3.8) is 0 Å². The van der Waals surface area contributed by atoms with Crippen LogP contribution < -0.4 is 0 Å². The lowest BCUT2D eigenvalue weighted by Gasteiger charge is -2.15. The van der Waals surface area contributed by atoms with Crippen LogP contribution in [-0.2, 0) is 4.84 Å². The molecule has 23 heavy (non-hydrogen) atoms. The summed E-state index contributed by atoms with van der Waals surface area (Å²) in [4.78, 5) is 5.89. The summed E-state index contributed by atoms with van der Waals surface area (Å²) in [5.41, 5.74) is 3.49. The van der Waals surface area contributed by atoms with Crippen LogP contribution in [0.4, 0.5) is 0 Å². The van der Waals surface area contributed by atoms with Gasteiger partial charge in [0.1, 0.15) is 0 Å². The van der Waals surface area contributed by atoms with Crippen molar-refractivity contribution in [1.82, 2.24) is 0 Å². The van der Waals surface area contributed by atoms with E-state index in [1.165, 1.54) is 30.5 Å². The SMILES string of the molecule is C(=C\C(ON=C1CCCCC1)c1ccccc1)/c1ccccc1. The van der Waals surface area contributed by atoms with E-state index in [4.69, 9.17) is 4.84 Å². The Labute approximate surface area is 138 Å². The molecule has 0 saturated heterocycles. The summed E-state index contributed by atoms with van der Waals surface area (Å²) in [6.07, 6.45) is 9.96. The number of hydrogen-bond acceptors (Lipinski definition) is 2. The van der Waals surface area contributed by atoms with Crippen LogP contribution in [0.3, 0.4) is 0 Å². The van der Waals surface area contributed by atoms with Gasteiger partial charge >= 0.3 is 0 Å². The van der Waals surface area contributed by atoms with Crippen LogP contribution in [0.5, 0.6) is 0 Å². The largest absolute Gasteiger partial charge is 0.383 e. The van der Waals surface area contributed by atoms with E-state index in [1.54, 1.807) is 0 Å². The molecule has 2 nitrogen and oxygen atoms in total. The Kier molecular flexibility index (Phi) is 5.63. The number of hydrogen-bond donors (Lipinski definition) is 0. The third-order valence-electron chi connectivity index (χ3n) is 4.12. The predicted molar refractivity (Wildman–Crippen MR) is 96.3 cm³/mol. The Bertz CT molecular complexity index is 638. The van der Waals surface area contributed by atoms with Crippen LogP contribution >= 0.6 is 0 Å². The molecule has 2 heteroatoms. The van der Waals surface area contributed by atoms with Gasteiger partial charge in [-0.3, -0.25) is 0 Å². The summed E-state index contributed by atoms with van der Waals surface area (Å²) >= 11 is 0. The first kappa shape index (κ1) is 15.5. The predicted octanol–water partition coefficient (Wildman–Crippen LogP) is 5.78. The van der Waals surface area contributed by atoms with E-state index in [0.717, 1.165) is 18.4 Å². The summed E-state index contributed by atoms with van der Waals surface area (Å²) < 4.78 is 0. The van der Waals surface area contributed by atoms with Gasteiger partial charge in [-0.25, -0.2) is 0 Å². The minimum atomic E-state index is -0.147. The molecule has 118 valence electrons. The molecule has 0 radical (unpaired) electrons. The Morgan fingerprint density at radius 2 is 1.48 bits per heavy atom. The maximum Gasteiger partial charge on any atom is 0.171 e. The fourth-order valence-electron chi connectivity index (χ4n) is 2.79. The monoisotopic (exact) mass is 305 g/mol. The zero-order valence-corrected chi connectivity index (χ0v) is 13.4. The minimum Gasteiger partial charge on any atom is -0.383 e. The average molecular weight is 305 g/mol. The second kappa shape index (κ2) is 8.33. The Hall–Kier alpha value is -2.35. The molecule has 2 aromatic carbocycles. The van der Waals surface area contributed by atoms with Crippen molar-refractivity contribution < 1.29 is 4.84 Å². The zero-order valence-electron chi connectivity index (χ0n) is 13.4. The summed E-state index contributed by atoms with van der Waals surface area (Å²) in [6, 6.07) is 20.6. The first-order valence-corrected chi connectivity index (χ1v) is 8.41. The van der Waals surface area contributed by atoms with E-state index < -0.39 is 0 Å². The molecule has 1 saturated carbocycles. The van der Waals surface area contributed by atoms with Gasteiger partial charge in [0.15, 0.2) is 6.10 Å². The van der Waals surface area contributed by atoms with E-state index in [0.29, 0.717) is 0 Å². The second-order valence-corrected chi connectivity index (χ2v) is 5.92. The van der Waals surface area contributed by atoms with Crippen LogP contribution in [0, 0.1) is 0 Å². The average Bonchev–Trinajstić information content (AvgIpc) is 2.64. The van der Waals surface area contributed by atoms with Gasteiger partial charge in [0.25, 0.3) is 0 Å². The molecule has 0 spiro atoms. The normalized spacial score (nSPS) is 16.3. The topological polar surface area (TPSA) is 21.6 Å². The molecular weight excluding hydrogens is 282 g/mol. The van der Waals surface area contributed by atoms with E-state index in [2.05, 4.69) is 41.6 Å². The van der Waals surface area contributed by atoms with Gasteiger partial charge in [-0.05, 0) is 42.9 Å². The molecule has 0 amide bonds. The summed E-state index contributed by atoms with van der Waals surface area (Å²) in [5, 5.41) is 4.44. The third-order valence-corrected chi connectivity index (χ3v) is 4.12. The number of oxime groups is 1. The lowest BCUT2D eigenvalue weighted by Crippen LogP contribution is -2.07. The summed E-state index contributed by atoms with van der Waals surface area (Å²) in [5.74, 6) is 0. The van der Waals surface area contributed by atoms with Crippen LogP contribution in [0.15, 0.2) is 71.9 Å². The van der Waals surface area contributed by atoms with Crippen LogP contribution in [0.1, 0.15) is 49.3 Å². The Balaban J connectivity index is 1.75. The smallest absolute Gasteiger partial charge is 0.171 e. The summed E-state index contributed by atoms with van der Waals surface area (Å²) in [6.45, 7) is 0. The highest BCUT2D eigenvalue weighted by atomic mass is 16.6. The van der Waals surface area contributed by atoms with Crippen molar-refractivity contribution in [3.05, 3.63) is 77.9 Å². The van der Waals surface area contributed by atoms with Crippen molar-refractivity contribution >= 4 is 11.8 Å². The van der Waals surface area contributed by atoms with Crippen molar-refractivity contribution in [1.29, 1.82) is 0 Å². The van der Waals surface area contributed by atoms with Crippen molar-refractivity contribution in [2.24, 2.45) is 5.16 Å². The minimum absolute atomic E-state index is 0.147. The van der Waals surface area contributed by atoms with Crippen LogP contribution in [0.25, 0.3) is 6.08 Å². The molecule has 0 bridgehead atoms. The van der Waals surface area contributed by atoms with Gasteiger partial charge in [-0.2, -0.15) is 0 Å². The molecule has 1 aliphatic rings. The maximum absolute atomic E-state index is 5.89. The molecule has 0 aromatic heterocycles. The molecule has 1 unspecified atom stereocenters. The van der Waals surface area contributed by atoms with E-state index in [9.17, 15) is 0 Å². The van der Waals surface area contributed by atoms with Crippen molar-refractivity contribution in [3.8, 4) is 0 Å². The lowest BCUT2D eigenvalue weighted by molar-refractivity contribution is 0.0919. The van der Waals surface area contributed by atoms with Gasteiger partial charge < -0.3 is 4.84 Å². The first-order chi connectivity index (χ1) is 11.4. The fraction of sp³-hybridized carbons (Fsp3) is 0.286. The molecule has 1 atom stereocenters. The summed E-state index contributed by atoms with van der Waals surface area (Å²) in [7, 11) is 0. The highest BCUT2D eigenvalue weighted by Gasteiger charge is 2.11. The van der Waals surface area contributed by atoms with E-state index >= 15 is 0 Å². The Morgan fingerprint density at radius 3 is 2.17 bits per heavy atom. The van der Waals surface area contributed by atoms with Gasteiger partial charge in [0.2, 0.25) is 0 Å². The van der Waals surface area contributed by atoms with Gasteiger partial charge in [-0.15, -0.1) is 0 Å². The quantitative estimate of drug-likeness (QED) is 0.642. The van der Waals surface area contributed by atoms with Crippen LogP contribution in [0.2, 0.25) is 0 Å². The maximum atomic E-state index is 5.89. The van der Waals surface area contributed by atoms with Crippen molar-refractivity contribution in [2.75, 3.05) is 0 Å². The zero-order chi connectivity index (χ0) is 15.7. The van der Waals surface area contributed by atoms with E-state index in [-0.39, 0.29) is 6.10 Å². The highest BCUT2D eigenvalue weighted by Crippen LogP contribution is 2.22. The highest BCUT2D eigenvalue weighted by molar-refractivity contribution is 5.84. The molecule has 0 heterocycles. The molecular formula is C21H23NO. The van der Waals surface area contributed by atoms with Gasteiger partial charge in [-0.1, -0.05) is 78.3 Å². The molecule has 1 aliphatic carbocycles. The number of benzene rings is 2. The standard InChI is InChI=1S/C21H23NO/c1-4-10-18(11-5-1)16-17-21(19-12-6-2-7-13-19)23-22-20-14-8-3-9-15-20/h1-2,4-7,10-13,16-17,21H,3,8-9,14-15H2/b17-16+. The Morgan fingerprint density at radius 1 is 0.826 bits per heavy atom. The van der Waals surface area contributed by atoms with E-state index in [1.807, 2.05) is 36.4 Å². The molecule has 0 aliphatic heterocycles. The first-order valence-electron chi connectivity index (χ1n) is 8.41. The molecule has 1 fully saturated rings. The fourth-order valence-corrected chi connectivity index (χ4v) is 2.79. The van der Waals surface area contributed by atoms with Gasteiger partial charge in [0.05, 0.1) is 5.71 Å². The van der Waals surface area contributed by atoms with Gasteiger partial charge in [0, 0.05) is 0 Å². The second-order valence-electron chi connectivity index (χ2n) is 5.92. The van der Waals surface area contributed by atoms with Crippen molar-refractivity contribution in [2.45, 2.75) is 38.2 Å². The van der Waals surface area contributed by atoms with Crippen LogP contribution in [-0.4, -0.2) is 5.71 Å². The third kappa shape index (κ3) is 4.82. The number of rotatable bonds is 5. The molecule has 2 aromatic rings.